The van der Waals surface area contributed by atoms with Gasteiger partial charge >= 0.3 is 0 Å². The van der Waals surface area contributed by atoms with Gasteiger partial charge in [0, 0.05) is 16.3 Å². The van der Waals surface area contributed by atoms with Crippen LogP contribution < -0.4 is 5.32 Å². The largest absolute Gasteiger partial charge is 0.467 e. The fourth-order valence-corrected chi connectivity index (χ4v) is 4.18. The maximum atomic E-state index is 12.9. The summed E-state index contributed by atoms with van der Waals surface area (Å²) >= 11 is 7.40. The summed E-state index contributed by atoms with van der Waals surface area (Å²) in [4.78, 5) is 12.9. The number of aryl methyl sites for hydroxylation is 2. The lowest BCUT2D eigenvalue weighted by atomic mass is 10.1. The number of nitrogens with zero attached hydrogens (tertiary/aromatic N) is 3. The number of hydrogen-bond donors (Lipinski definition) is 1. The highest BCUT2D eigenvalue weighted by atomic mass is 35.5. The van der Waals surface area contributed by atoms with Crippen LogP contribution in [0.4, 0.5) is 5.69 Å². The van der Waals surface area contributed by atoms with Gasteiger partial charge in [-0.15, -0.1) is 10.2 Å². The summed E-state index contributed by atoms with van der Waals surface area (Å²) in [6.45, 7) is 6.29. The molecular formula is C24H23ClN4O2S. The number of thioether (sulfide) groups is 1. The van der Waals surface area contributed by atoms with Crippen molar-refractivity contribution in [3.05, 3.63) is 82.8 Å². The Labute approximate surface area is 196 Å². The molecule has 2 heterocycles. The van der Waals surface area contributed by atoms with Crippen molar-refractivity contribution in [3.8, 4) is 11.4 Å². The molecule has 2 aromatic carbocycles. The second-order valence-corrected chi connectivity index (χ2v) is 9.29. The molecular weight excluding hydrogens is 444 g/mol. The predicted octanol–water partition coefficient (Wildman–Crippen LogP) is 5.98. The normalized spacial score (nSPS) is 12.0. The van der Waals surface area contributed by atoms with Gasteiger partial charge in [-0.3, -0.25) is 9.36 Å². The highest BCUT2D eigenvalue weighted by molar-refractivity contribution is 8.00. The molecule has 0 saturated heterocycles. The molecule has 6 nitrogen and oxygen atoms in total. The quantitative estimate of drug-likeness (QED) is 0.339. The Morgan fingerprint density at radius 1 is 1.16 bits per heavy atom. The number of benzene rings is 2. The van der Waals surface area contributed by atoms with Crippen molar-refractivity contribution < 1.29 is 9.21 Å². The van der Waals surface area contributed by atoms with Gasteiger partial charge < -0.3 is 9.73 Å². The van der Waals surface area contributed by atoms with Gasteiger partial charge in [-0.05, 0) is 74.4 Å². The maximum absolute atomic E-state index is 12.9. The number of aromatic nitrogens is 3. The Bertz CT molecular complexity index is 1220. The van der Waals surface area contributed by atoms with E-state index in [1.54, 1.807) is 6.26 Å². The highest BCUT2D eigenvalue weighted by Crippen LogP contribution is 2.29. The van der Waals surface area contributed by atoms with Gasteiger partial charge in [0.1, 0.15) is 5.76 Å². The van der Waals surface area contributed by atoms with Gasteiger partial charge in [0.15, 0.2) is 11.0 Å². The summed E-state index contributed by atoms with van der Waals surface area (Å²) in [6, 6.07) is 17.2. The molecule has 1 N–H and O–H groups in total. The first-order valence-corrected chi connectivity index (χ1v) is 11.4. The van der Waals surface area contributed by atoms with E-state index in [2.05, 4.69) is 15.5 Å². The summed E-state index contributed by atoms with van der Waals surface area (Å²) in [5, 5.41) is 12.7. The first-order chi connectivity index (χ1) is 15.4. The molecule has 0 fully saturated rings. The van der Waals surface area contributed by atoms with Gasteiger partial charge in [0.05, 0.1) is 18.1 Å². The smallest absolute Gasteiger partial charge is 0.237 e. The first-order valence-electron chi connectivity index (χ1n) is 10.2. The van der Waals surface area contributed by atoms with Crippen molar-refractivity contribution in [1.82, 2.24) is 14.8 Å². The van der Waals surface area contributed by atoms with Crippen molar-refractivity contribution >= 4 is 35.0 Å². The molecule has 0 aliphatic heterocycles. The molecule has 0 aliphatic carbocycles. The average Bonchev–Trinajstić information content (AvgIpc) is 3.42. The lowest BCUT2D eigenvalue weighted by Gasteiger charge is -2.15. The lowest BCUT2D eigenvalue weighted by Crippen LogP contribution is -2.23. The van der Waals surface area contributed by atoms with E-state index >= 15 is 0 Å². The summed E-state index contributed by atoms with van der Waals surface area (Å²) in [5.74, 6) is 1.36. The molecule has 1 atom stereocenters. The molecule has 1 amide bonds. The maximum Gasteiger partial charge on any atom is 0.237 e. The Hall–Kier alpha value is -3.03. The fourth-order valence-electron chi connectivity index (χ4n) is 3.21. The molecule has 4 rings (SSSR count). The van der Waals surface area contributed by atoms with Gasteiger partial charge in [0.2, 0.25) is 5.91 Å². The Balaban J connectivity index is 1.58. The van der Waals surface area contributed by atoms with E-state index in [-0.39, 0.29) is 11.2 Å². The molecule has 0 aliphatic rings. The Morgan fingerprint density at radius 3 is 2.66 bits per heavy atom. The lowest BCUT2D eigenvalue weighted by molar-refractivity contribution is -0.115. The zero-order valence-corrected chi connectivity index (χ0v) is 19.6. The molecule has 1 unspecified atom stereocenters. The van der Waals surface area contributed by atoms with Crippen molar-refractivity contribution in [3.63, 3.8) is 0 Å². The first kappa shape index (κ1) is 22.2. The predicted molar refractivity (Wildman–Crippen MR) is 128 cm³/mol. The fraction of sp³-hybridized carbons (Fsp3) is 0.208. The van der Waals surface area contributed by atoms with Crippen LogP contribution in [-0.2, 0) is 11.3 Å². The van der Waals surface area contributed by atoms with E-state index in [1.807, 2.05) is 79.9 Å². The molecule has 4 aromatic rings. The average molecular weight is 467 g/mol. The third-order valence-electron chi connectivity index (χ3n) is 5.02. The second-order valence-electron chi connectivity index (χ2n) is 7.55. The Kier molecular flexibility index (Phi) is 6.67. The van der Waals surface area contributed by atoms with E-state index in [4.69, 9.17) is 16.0 Å². The summed E-state index contributed by atoms with van der Waals surface area (Å²) in [7, 11) is 0. The van der Waals surface area contributed by atoms with Gasteiger partial charge in [-0.25, -0.2) is 0 Å². The van der Waals surface area contributed by atoms with Gasteiger partial charge in [-0.2, -0.15) is 0 Å². The third-order valence-corrected chi connectivity index (χ3v) is 6.35. The van der Waals surface area contributed by atoms with E-state index in [9.17, 15) is 4.79 Å². The third kappa shape index (κ3) is 5.06. The number of anilines is 1. The minimum absolute atomic E-state index is 0.0932. The van der Waals surface area contributed by atoms with Crippen molar-refractivity contribution in [2.45, 2.75) is 37.7 Å². The second kappa shape index (κ2) is 9.63. The minimum atomic E-state index is -0.382. The van der Waals surface area contributed by atoms with Crippen LogP contribution in [0.5, 0.6) is 0 Å². The summed E-state index contributed by atoms with van der Waals surface area (Å²) < 4.78 is 7.49. The van der Waals surface area contributed by atoms with Crippen LogP contribution in [0.2, 0.25) is 5.02 Å². The monoisotopic (exact) mass is 466 g/mol. The standard InChI is InChI=1S/C24H23ClN4O2S/c1-15-6-7-16(2)21(13-15)26-23(30)17(3)32-24-28-27-22(18-8-10-19(25)11-9-18)29(24)14-20-5-4-12-31-20/h4-13,17H,14H2,1-3H3,(H,26,30). The van der Waals surface area contributed by atoms with Gasteiger partial charge in [-0.1, -0.05) is 35.5 Å². The van der Waals surface area contributed by atoms with E-state index in [1.165, 1.54) is 11.8 Å². The molecule has 2 aromatic heterocycles. The summed E-state index contributed by atoms with van der Waals surface area (Å²) in [5.41, 5.74) is 3.82. The molecule has 0 bridgehead atoms. The topological polar surface area (TPSA) is 73.0 Å². The number of amides is 1. The highest BCUT2D eigenvalue weighted by Gasteiger charge is 2.22. The number of nitrogens with one attached hydrogen (secondary N) is 1. The number of halogens is 1. The number of carbonyl (C=O) groups excluding carboxylic acids is 1. The van der Waals surface area contributed by atoms with Crippen LogP contribution in [0.25, 0.3) is 11.4 Å². The van der Waals surface area contributed by atoms with E-state index in [0.717, 1.165) is 28.1 Å². The van der Waals surface area contributed by atoms with E-state index < -0.39 is 0 Å². The molecule has 0 radical (unpaired) electrons. The molecule has 8 heteroatoms. The SMILES string of the molecule is Cc1ccc(C)c(NC(=O)C(C)Sc2nnc(-c3ccc(Cl)cc3)n2Cc2ccco2)c1. The number of hydrogen-bond acceptors (Lipinski definition) is 5. The number of furan rings is 1. The van der Waals surface area contributed by atoms with Crippen LogP contribution in [0.1, 0.15) is 23.8 Å². The Morgan fingerprint density at radius 2 is 1.94 bits per heavy atom. The van der Waals surface area contributed by atoms with Gasteiger partial charge in [0.25, 0.3) is 0 Å². The van der Waals surface area contributed by atoms with Crippen LogP contribution in [-0.4, -0.2) is 25.9 Å². The van der Waals surface area contributed by atoms with Crippen molar-refractivity contribution in [2.24, 2.45) is 0 Å². The zero-order chi connectivity index (χ0) is 22.7. The molecule has 164 valence electrons. The number of carbonyl (C=O) groups is 1. The van der Waals surface area contributed by atoms with Crippen molar-refractivity contribution in [1.29, 1.82) is 0 Å². The number of rotatable bonds is 7. The van der Waals surface area contributed by atoms with Crippen LogP contribution >= 0.6 is 23.4 Å². The zero-order valence-electron chi connectivity index (χ0n) is 18.0. The van der Waals surface area contributed by atoms with Crippen LogP contribution in [0, 0.1) is 13.8 Å². The van der Waals surface area contributed by atoms with Crippen LogP contribution in [0.3, 0.4) is 0 Å². The summed E-state index contributed by atoms with van der Waals surface area (Å²) in [6.07, 6.45) is 1.63. The minimum Gasteiger partial charge on any atom is -0.467 e. The molecule has 32 heavy (non-hydrogen) atoms. The molecule has 0 spiro atoms. The van der Waals surface area contributed by atoms with Crippen molar-refractivity contribution in [2.75, 3.05) is 5.32 Å². The molecule has 0 saturated carbocycles. The van der Waals surface area contributed by atoms with E-state index in [0.29, 0.717) is 22.5 Å². The van der Waals surface area contributed by atoms with Crippen LogP contribution in [0.15, 0.2) is 70.4 Å².